The van der Waals surface area contributed by atoms with Gasteiger partial charge >= 0.3 is 6.18 Å². The van der Waals surface area contributed by atoms with Crippen LogP contribution >= 0.6 is 0 Å². The molecule has 2 heterocycles. The average molecular weight is 1080 g/mol. The zero-order chi connectivity index (χ0) is 57.7. The van der Waals surface area contributed by atoms with Gasteiger partial charge in [0.05, 0.1) is 39.9 Å². The lowest BCUT2D eigenvalue weighted by Crippen LogP contribution is -2.06. The summed E-state index contributed by atoms with van der Waals surface area (Å²) in [6.07, 6.45) is -4.61. The van der Waals surface area contributed by atoms with Crippen molar-refractivity contribution >= 4 is 49.3 Å². The van der Waals surface area contributed by atoms with E-state index in [1.165, 1.54) is 56.6 Å². The number of hydrogen-bond acceptors (Lipinski definition) is 0. The highest BCUT2D eigenvalue weighted by Gasteiger charge is 2.32. The molecular formula is C77H60F3N3. The van der Waals surface area contributed by atoms with Gasteiger partial charge in [0.1, 0.15) is 0 Å². The molecule has 13 aromatic rings. The fraction of sp³-hybridized carbons (Fsp3) is 0.130. The molecule has 6 heteroatoms. The second kappa shape index (κ2) is 20.1. The number of nitrogens with zero attached hydrogens (tertiary/aromatic N) is 3. The largest absolute Gasteiger partial charge is 0.416 e. The van der Waals surface area contributed by atoms with Crippen LogP contribution in [0, 0.1) is 68.9 Å². The van der Waals surface area contributed by atoms with Crippen LogP contribution in [0.2, 0.25) is 0 Å². The lowest BCUT2D eigenvalue weighted by Gasteiger charge is -2.23. The summed E-state index contributed by atoms with van der Waals surface area (Å²) in [6.45, 7) is 27.8. The summed E-state index contributed by atoms with van der Waals surface area (Å²) in [5, 5.41) is 4.11. The van der Waals surface area contributed by atoms with Crippen molar-refractivity contribution in [2.24, 2.45) is 0 Å². The van der Waals surface area contributed by atoms with Crippen molar-refractivity contribution in [3.05, 3.63) is 267 Å². The molecule has 0 unspecified atom stereocenters. The van der Waals surface area contributed by atoms with Crippen LogP contribution in [0.1, 0.15) is 55.6 Å². The van der Waals surface area contributed by atoms with E-state index in [2.05, 4.69) is 227 Å². The molecule has 0 N–H and O–H groups in total. The Balaban J connectivity index is 1.16. The quantitative estimate of drug-likeness (QED) is 0.135. The molecule has 0 aliphatic heterocycles. The lowest BCUT2D eigenvalue weighted by atomic mass is 9.89. The summed E-state index contributed by atoms with van der Waals surface area (Å²) in [4.78, 5) is 4.34. The highest BCUT2D eigenvalue weighted by atomic mass is 19.4. The van der Waals surface area contributed by atoms with Crippen LogP contribution in [0.5, 0.6) is 0 Å². The van der Waals surface area contributed by atoms with Gasteiger partial charge in [-0.05, 0) is 196 Å². The maximum Gasteiger partial charge on any atom is 0.416 e. The lowest BCUT2D eigenvalue weighted by molar-refractivity contribution is -0.137. The Hall–Kier alpha value is -9.70. The summed E-state index contributed by atoms with van der Waals surface area (Å²) in [5.41, 5.74) is 25.6. The van der Waals surface area contributed by atoms with E-state index >= 15 is 13.2 Å². The predicted octanol–water partition coefficient (Wildman–Crippen LogP) is 22.2. The third-order valence-corrected chi connectivity index (χ3v) is 16.4. The van der Waals surface area contributed by atoms with Crippen molar-refractivity contribution in [3.63, 3.8) is 0 Å². The first-order valence-electron chi connectivity index (χ1n) is 28.2. The second-order valence-electron chi connectivity index (χ2n) is 23.2. The van der Waals surface area contributed by atoms with Gasteiger partial charge in [-0.15, -0.1) is 0 Å². The molecule has 0 saturated heterocycles. The van der Waals surface area contributed by atoms with Gasteiger partial charge in [0.2, 0.25) is 0 Å². The van der Waals surface area contributed by atoms with Crippen LogP contribution in [0.4, 0.5) is 18.9 Å². The van der Waals surface area contributed by atoms with Crippen molar-refractivity contribution in [1.29, 1.82) is 0 Å². The summed E-state index contributed by atoms with van der Waals surface area (Å²) in [5.74, 6) is 0. The summed E-state index contributed by atoms with van der Waals surface area (Å²) in [7, 11) is 0. The molecule has 0 aliphatic rings. The molecule has 0 bridgehead atoms. The first kappa shape index (κ1) is 52.7. The van der Waals surface area contributed by atoms with Gasteiger partial charge < -0.3 is 9.13 Å². The molecular weight excluding hydrogens is 1020 g/mol. The molecule has 0 radical (unpaired) electrons. The Morgan fingerprint density at radius 2 is 0.627 bits per heavy atom. The number of rotatable bonds is 8. The SMILES string of the molecule is [C-]#[N+]c1cccc(-n2c3ccc(-c4cc(C)cc(C)c4)cc3c3cc(-c4cc(C)cc(C)c4)ccc32)c1-c1c(-c2cc(C)cc(C(F)(F)F)c2)cccc1-n1c2ccc(-c3cc(C)cc(C)c3)cc2c2cc(-c3cc(C)cc(C)c3)ccc21. The maximum absolute atomic E-state index is 15.1. The molecule has 0 atom stereocenters. The third kappa shape index (κ3) is 9.46. The van der Waals surface area contributed by atoms with Crippen molar-refractivity contribution in [2.75, 3.05) is 0 Å². The minimum Gasteiger partial charge on any atom is -0.310 e. The van der Waals surface area contributed by atoms with Crippen LogP contribution in [0.25, 0.3) is 127 Å². The standard InChI is InChI=1S/C77H60F3N3/c1-44-25-45(2)30-57(29-44)53-17-21-69-64(40-53)65-41-54(58-31-46(3)26-47(4)32-58)18-22-70(65)82(69)73-15-11-13-63(61-37-52(9)38-62(39-61)77(78,79)80)75(73)76-68(81-10)14-12-16-74(76)83-71-23-19-55(59-33-48(5)27-49(6)34-59)42-66(71)67-43-56(20-24-72(67)83)60-35-50(7)28-51(8)36-60/h11-43H,1-9H3. The van der Waals surface area contributed by atoms with Crippen molar-refractivity contribution in [1.82, 2.24) is 9.13 Å². The molecule has 2 aromatic heterocycles. The number of hydrogen-bond donors (Lipinski definition) is 0. The number of alkyl halides is 3. The first-order valence-corrected chi connectivity index (χ1v) is 28.2. The Morgan fingerprint density at radius 1 is 0.313 bits per heavy atom. The Kier molecular flexibility index (Phi) is 12.7. The highest BCUT2D eigenvalue weighted by molar-refractivity contribution is 6.15. The van der Waals surface area contributed by atoms with Gasteiger partial charge in [-0.25, -0.2) is 4.85 Å². The highest BCUT2D eigenvalue weighted by Crippen LogP contribution is 2.50. The van der Waals surface area contributed by atoms with Crippen LogP contribution in [-0.4, -0.2) is 9.13 Å². The molecule has 404 valence electrons. The van der Waals surface area contributed by atoms with Crippen LogP contribution in [0.15, 0.2) is 200 Å². The van der Waals surface area contributed by atoms with E-state index in [1.54, 1.807) is 6.92 Å². The smallest absolute Gasteiger partial charge is 0.310 e. The van der Waals surface area contributed by atoms with Gasteiger partial charge in [-0.3, -0.25) is 0 Å². The van der Waals surface area contributed by atoms with Gasteiger partial charge in [0.25, 0.3) is 0 Å². The van der Waals surface area contributed by atoms with E-state index in [4.69, 9.17) is 6.57 Å². The van der Waals surface area contributed by atoms with E-state index in [9.17, 15) is 0 Å². The van der Waals surface area contributed by atoms with Crippen molar-refractivity contribution < 1.29 is 13.2 Å². The van der Waals surface area contributed by atoms with Crippen LogP contribution in [0.3, 0.4) is 0 Å². The van der Waals surface area contributed by atoms with Crippen molar-refractivity contribution in [2.45, 2.75) is 68.5 Å². The number of aryl methyl sites for hydroxylation is 9. The monoisotopic (exact) mass is 1080 g/mol. The molecule has 0 spiro atoms. The number of halogens is 3. The molecule has 83 heavy (non-hydrogen) atoms. The summed E-state index contributed by atoms with van der Waals surface area (Å²) >= 11 is 0. The molecule has 0 amide bonds. The van der Waals surface area contributed by atoms with Gasteiger partial charge in [0, 0.05) is 38.4 Å². The van der Waals surface area contributed by atoms with Gasteiger partial charge in [-0.2, -0.15) is 13.2 Å². The Bertz CT molecular complexity index is 4600. The fourth-order valence-electron chi connectivity index (χ4n) is 13.2. The van der Waals surface area contributed by atoms with E-state index in [0.717, 1.165) is 99.5 Å². The van der Waals surface area contributed by atoms with E-state index in [1.807, 2.05) is 30.3 Å². The van der Waals surface area contributed by atoms with E-state index < -0.39 is 11.7 Å². The fourth-order valence-corrected chi connectivity index (χ4v) is 13.2. The first-order chi connectivity index (χ1) is 39.8. The minimum atomic E-state index is -4.61. The van der Waals surface area contributed by atoms with Crippen LogP contribution < -0.4 is 0 Å². The number of fused-ring (bicyclic) bond motifs is 6. The molecule has 0 fully saturated rings. The zero-order valence-electron chi connectivity index (χ0n) is 48.0. The molecule has 13 rings (SSSR count). The average Bonchev–Trinajstić information content (AvgIpc) is 2.49. The van der Waals surface area contributed by atoms with Gasteiger partial charge in [-0.1, -0.05) is 172 Å². The Labute approximate surface area is 483 Å². The second-order valence-corrected chi connectivity index (χ2v) is 23.2. The molecule has 3 nitrogen and oxygen atoms in total. The zero-order valence-corrected chi connectivity index (χ0v) is 48.0. The minimum absolute atomic E-state index is 0.364. The number of aromatic nitrogens is 2. The predicted molar refractivity (Wildman–Crippen MR) is 342 cm³/mol. The van der Waals surface area contributed by atoms with E-state index in [-0.39, 0.29) is 0 Å². The molecule has 0 saturated carbocycles. The van der Waals surface area contributed by atoms with E-state index in [0.29, 0.717) is 33.5 Å². The number of benzene rings is 11. The van der Waals surface area contributed by atoms with Gasteiger partial charge in [0.15, 0.2) is 5.69 Å². The maximum atomic E-state index is 15.1. The normalized spacial score (nSPS) is 11.8. The third-order valence-electron chi connectivity index (χ3n) is 16.4. The van der Waals surface area contributed by atoms with Crippen LogP contribution in [-0.2, 0) is 6.18 Å². The summed E-state index contributed by atoms with van der Waals surface area (Å²) in [6, 6.07) is 69.2. The Morgan fingerprint density at radius 3 is 0.964 bits per heavy atom. The summed E-state index contributed by atoms with van der Waals surface area (Å²) < 4.78 is 49.9. The van der Waals surface area contributed by atoms with Crippen molar-refractivity contribution in [3.8, 4) is 78.1 Å². The molecule has 0 aliphatic carbocycles. The topological polar surface area (TPSA) is 14.2 Å². The molecule has 11 aromatic carbocycles.